The predicted octanol–water partition coefficient (Wildman–Crippen LogP) is 4.73. The van der Waals surface area contributed by atoms with Crippen molar-refractivity contribution in [3.63, 3.8) is 0 Å². The minimum atomic E-state index is 0.519. The van der Waals surface area contributed by atoms with Gasteiger partial charge in [-0.05, 0) is 55.1 Å². The molecule has 1 aromatic heterocycles. The average molecular weight is 285 g/mol. The molecular weight excluding hydrogens is 262 g/mol. The largest absolute Gasteiger partial charge is 0.443 e. The molecule has 0 unspecified atom stereocenters. The zero-order chi connectivity index (χ0) is 15.0. The van der Waals surface area contributed by atoms with Crippen molar-refractivity contribution in [1.29, 1.82) is 0 Å². The van der Waals surface area contributed by atoms with Crippen LogP contribution in [-0.2, 0) is 4.79 Å². The number of hydrogen-bond acceptors (Lipinski definition) is 3. The molecule has 0 saturated heterocycles. The first-order valence-electron chi connectivity index (χ1n) is 7.93. The number of aromatic nitrogens is 1. The third-order valence-corrected chi connectivity index (χ3v) is 5.10. The van der Waals surface area contributed by atoms with Gasteiger partial charge in [-0.15, -0.1) is 0 Å². The average Bonchev–Trinajstić information content (AvgIpc) is 2.95. The van der Waals surface area contributed by atoms with E-state index in [2.05, 4.69) is 31.8 Å². The van der Waals surface area contributed by atoms with Crippen LogP contribution in [0.4, 0.5) is 0 Å². The maximum atomic E-state index is 10.7. The highest BCUT2D eigenvalue weighted by Gasteiger charge is 2.31. The van der Waals surface area contributed by atoms with E-state index >= 15 is 0 Å². The van der Waals surface area contributed by atoms with Crippen LogP contribution in [0.3, 0.4) is 0 Å². The van der Waals surface area contributed by atoms with Gasteiger partial charge in [-0.25, -0.2) is 4.98 Å². The van der Waals surface area contributed by atoms with Crippen molar-refractivity contribution in [2.24, 2.45) is 5.92 Å². The highest BCUT2D eigenvalue weighted by molar-refractivity contribution is 5.82. The van der Waals surface area contributed by atoms with E-state index in [1.54, 1.807) is 6.39 Å². The molecule has 2 aromatic rings. The van der Waals surface area contributed by atoms with Crippen molar-refractivity contribution < 1.29 is 9.21 Å². The molecule has 21 heavy (non-hydrogen) atoms. The summed E-state index contributed by atoms with van der Waals surface area (Å²) in [5.41, 5.74) is 5.95. The fourth-order valence-corrected chi connectivity index (χ4v) is 3.90. The Hall–Kier alpha value is -1.64. The number of benzene rings is 1. The lowest BCUT2D eigenvalue weighted by Gasteiger charge is -2.33. The van der Waals surface area contributed by atoms with Gasteiger partial charge in [0.25, 0.3) is 0 Å². The van der Waals surface area contributed by atoms with Crippen LogP contribution in [0.2, 0.25) is 0 Å². The molecule has 0 radical (unpaired) electrons. The van der Waals surface area contributed by atoms with Crippen molar-refractivity contribution in [3.05, 3.63) is 29.2 Å². The number of aryl methyl sites for hydroxylation is 1. The Kier molecular flexibility index (Phi) is 3.83. The summed E-state index contributed by atoms with van der Waals surface area (Å²) in [6.07, 6.45) is 6.61. The SMILES string of the molecule is Cc1cc2c(c3ocnc13)[C@@H](C)CC[C@@H]2[C@@H](C)CCC=O. The number of oxazole rings is 1. The zero-order valence-electron chi connectivity index (χ0n) is 13.1. The lowest BCUT2D eigenvalue weighted by molar-refractivity contribution is -0.108. The second-order valence-corrected chi connectivity index (χ2v) is 6.53. The van der Waals surface area contributed by atoms with Gasteiger partial charge < -0.3 is 9.21 Å². The van der Waals surface area contributed by atoms with Crippen LogP contribution >= 0.6 is 0 Å². The number of fused-ring (bicyclic) bond motifs is 3. The summed E-state index contributed by atoms with van der Waals surface area (Å²) < 4.78 is 5.71. The molecule has 0 amide bonds. The van der Waals surface area contributed by atoms with E-state index in [9.17, 15) is 4.79 Å². The normalized spacial score (nSPS) is 23.0. The Balaban J connectivity index is 2.08. The van der Waals surface area contributed by atoms with E-state index in [0.717, 1.165) is 23.8 Å². The van der Waals surface area contributed by atoms with Gasteiger partial charge in [0, 0.05) is 12.0 Å². The first kappa shape index (κ1) is 14.3. The van der Waals surface area contributed by atoms with Gasteiger partial charge in [0.05, 0.1) is 0 Å². The van der Waals surface area contributed by atoms with Crippen LogP contribution < -0.4 is 0 Å². The summed E-state index contributed by atoms with van der Waals surface area (Å²) in [4.78, 5) is 15.0. The Morgan fingerprint density at radius 2 is 2.29 bits per heavy atom. The maximum Gasteiger partial charge on any atom is 0.182 e. The molecule has 3 atom stereocenters. The summed E-state index contributed by atoms with van der Waals surface area (Å²) >= 11 is 0. The van der Waals surface area contributed by atoms with Crippen molar-refractivity contribution in [2.75, 3.05) is 0 Å². The van der Waals surface area contributed by atoms with Crippen LogP contribution in [0, 0.1) is 12.8 Å². The van der Waals surface area contributed by atoms with Gasteiger partial charge in [0.1, 0.15) is 11.8 Å². The molecule has 0 saturated carbocycles. The Labute approximate surface area is 125 Å². The van der Waals surface area contributed by atoms with E-state index < -0.39 is 0 Å². The molecule has 0 spiro atoms. The number of aldehydes is 1. The molecule has 0 N–H and O–H groups in total. The van der Waals surface area contributed by atoms with Crippen molar-refractivity contribution in [2.45, 2.75) is 58.3 Å². The van der Waals surface area contributed by atoms with Gasteiger partial charge >= 0.3 is 0 Å². The van der Waals surface area contributed by atoms with Gasteiger partial charge in [-0.2, -0.15) is 0 Å². The second-order valence-electron chi connectivity index (χ2n) is 6.53. The first-order chi connectivity index (χ1) is 10.1. The predicted molar refractivity (Wildman–Crippen MR) is 83.6 cm³/mol. The monoisotopic (exact) mass is 285 g/mol. The molecule has 1 heterocycles. The molecular formula is C18H23NO2. The van der Waals surface area contributed by atoms with E-state index in [0.29, 0.717) is 24.2 Å². The summed E-state index contributed by atoms with van der Waals surface area (Å²) in [7, 11) is 0. The lowest BCUT2D eigenvalue weighted by Crippen LogP contribution is -2.19. The Morgan fingerprint density at radius 3 is 3.05 bits per heavy atom. The molecule has 1 aromatic carbocycles. The van der Waals surface area contributed by atoms with Crippen LogP contribution in [0.1, 0.15) is 68.1 Å². The van der Waals surface area contributed by atoms with Crippen molar-refractivity contribution in [1.82, 2.24) is 4.98 Å². The van der Waals surface area contributed by atoms with Gasteiger partial charge in [-0.1, -0.05) is 19.9 Å². The molecule has 112 valence electrons. The van der Waals surface area contributed by atoms with Crippen molar-refractivity contribution in [3.8, 4) is 0 Å². The second kappa shape index (κ2) is 5.63. The molecule has 1 aliphatic carbocycles. The van der Waals surface area contributed by atoms with Crippen LogP contribution in [0.5, 0.6) is 0 Å². The smallest absolute Gasteiger partial charge is 0.182 e. The van der Waals surface area contributed by atoms with Crippen LogP contribution in [0.15, 0.2) is 16.9 Å². The molecule has 0 bridgehead atoms. The lowest BCUT2D eigenvalue weighted by atomic mass is 9.71. The zero-order valence-corrected chi connectivity index (χ0v) is 13.1. The minimum Gasteiger partial charge on any atom is -0.443 e. The maximum absolute atomic E-state index is 10.7. The van der Waals surface area contributed by atoms with Gasteiger partial charge in [0.15, 0.2) is 12.0 Å². The number of hydrogen-bond donors (Lipinski definition) is 0. The highest BCUT2D eigenvalue weighted by Crippen LogP contribution is 2.46. The third-order valence-electron chi connectivity index (χ3n) is 5.10. The number of carbonyl (C=O) groups is 1. The summed E-state index contributed by atoms with van der Waals surface area (Å²) in [6.45, 7) is 6.66. The fraction of sp³-hybridized carbons (Fsp3) is 0.556. The van der Waals surface area contributed by atoms with E-state index in [1.807, 2.05) is 0 Å². The molecule has 1 aliphatic rings. The van der Waals surface area contributed by atoms with E-state index in [4.69, 9.17) is 4.42 Å². The van der Waals surface area contributed by atoms with Gasteiger partial charge in [-0.3, -0.25) is 0 Å². The molecule has 3 rings (SSSR count). The van der Waals surface area contributed by atoms with E-state index in [-0.39, 0.29) is 0 Å². The summed E-state index contributed by atoms with van der Waals surface area (Å²) in [5, 5.41) is 0. The first-order valence-corrected chi connectivity index (χ1v) is 7.93. The van der Waals surface area contributed by atoms with Crippen molar-refractivity contribution >= 4 is 17.4 Å². The number of carbonyl (C=O) groups excluding carboxylic acids is 1. The molecule has 3 nitrogen and oxygen atoms in total. The molecule has 0 fully saturated rings. The summed E-state index contributed by atoms with van der Waals surface area (Å²) in [6, 6.07) is 2.30. The topological polar surface area (TPSA) is 43.1 Å². The van der Waals surface area contributed by atoms with E-state index in [1.165, 1.54) is 29.5 Å². The number of rotatable bonds is 4. The third kappa shape index (κ3) is 2.39. The fourth-order valence-electron chi connectivity index (χ4n) is 3.90. The van der Waals surface area contributed by atoms with Crippen LogP contribution in [-0.4, -0.2) is 11.3 Å². The molecule has 0 aliphatic heterocycles. The summed E-state index contributed by atoms with van der Waals surface area (Å²) in [5.74, 6) is 1.58. The minimum absolute atomic E-state index is 0.519. The highest BCUT2D eigenvalue weighted by atomic mass is 16.3. The standard InChI is InChI=1S/C18H23NO2/c1-11(5-4-8-20)14-7-6-12(2)16-15(14)9-13(3)17-18(16)21-10-19-17/h8-12,14H,4-7H2,1-3H3/t11-,12-,14+/m0/s1. The number of nitrogens with zero attached hydrogens (tertiary/aromatic N) is 1. The van der Waals surface area contributed by atoms with Crippen LogP contribution in [0.25, 0.3) is 11.1 Å². The van der Waals surface area contributed by atoms with Gasteiger partial charge in [0.2, 0.25) is 0 Å². The Bertz CT molecular complexity index is 659. The quantitative estimate of drug-likeness (QED) is 0.762. The molecule has 3 heteroatoms. The Morgan fingerprint density at radius 1 is 1.48 bits per heavy atom.